The van der Waals surface area contributed by atoms with Gasteiger partial charge in [-0.05, 0) is 102 Å². The SMILES string of the molecule is CCN(CC)c1ccc(-c2cc(O[C@@H]3C[C@H]4C(=O)N[C@]5(C(=O)NS(=O)(=O)C6CC6)C[C@@H]5/C=C\CCCCC[C@H](NC(=O)OC5CCCC5)C(=O)N4C3)n3nc4ccccc4c3n2)cc1. The second-order valence-corrected chi connectivity index (χ2v) is 19.9. The maximum atomic E-state index is 14.9. The van der Waals surface area contributed by atoms with Crippen LogP contribution in [0.15, 0.2) is 66.7 Å². The fraction of sp³-hybridized carbons (Fsp3) is 0.532. The van der Waals surface area contributed by atoms with E-state index in [1.54, 1.807) is 4.52 Å². The van der Waals surface area contributed by atoms with Gasteiger partial charge in [0.2, 0.25) is 27.7 Å². The lowest BCUT2D eigenvalue weighted by Gasteiger charge is -2.30. The number of benzene rings is 2. The summed E-state index contributed by atoms with van der Waals surface area (Å²) in [4.78, 5) is 65.6. The molecule has 4 amide bonds. The Bertz CT molecular complexity index is 2550. The molecule has 5 aliphatic rings. The largest absolute Gasteiger partial charge is 0.472 e. The number of anilines is 1. The zero-order chi connectivity index (χ0) is 44.6. The number of sulfonamides is 1. The maximum absolute atomic E-state index is 14.9. The van der Waals surface area contributed by atoms with Crippen molar-refractivity contribution < 1.29 is 37.1 Å². The quantitative estimate of drug-likeness (QED) is 0.155. The van der Waals surface area contributed by atoms with Crippen LogP contribution in [0.3, 0.4) is 0 Å². The van der Waals surface area contributed by atoms with E-state index in [-0.39, 0.29) is 25.5 Å². The van der Waals surface area contributed by atoms with Crippen molar-refractivity contribution in [1.82, 2.24) is 34.9 Å². The summed E-state index contributed by atoms with van der Waals surface area (Å²) in [7, 11) is -3.92. The summed E-state index contributed by atoms with van der Waals surface area (Å²) in [6, 6.07) is 15.5. The van der Waals surface area contributed by atoms with E-state index in [1.165, 1.54) is 4.90 Å². The number of hydrogen-bond donors (Lipinski definition) is 3. The monoisotopic (exact) mass is 894 g/mol. The summed E-state index contributed by atoms with van der Waals surface area (Å²) < 4.78 is 42.5. The van der Waals surface area contributed by atoms with Gasteiger partial charge in [0.05, 0.1) is 23.0 Å². The van der Waals surface area contributed by atoms with Gasteiger partial charge in [0.25, 0.3) is 5.91 Å². The van der Waals surface area contributed by atoms with Crippen LogP contribution < -0.4 is 25.0 Å². The molecule has 0 spiro atoms. The van der Waals surface area contributed by atoms with Gasteiger partial charge in [0.15, 0.2) is 5.65 Å². The van der Waals surface area contributed by atoms with Crippen molar-refractivity contribution in [3.8, 4) is 17.1 Å². The first-order valence-corrected chi connectivity index (χ1v) is 24.6. The summed E-state index contributed by atoms with van der Waals surface area (Å²) >= 11 is 0. The molecule has 3 saturated carbocycles. The third kappa shape index (κ3) is 9.00. The maximum Gasteiger partial charge on any atom is 0.408 e. The van der Waals surface area contributed by atoms with Crippen molar-refractivity contribution >= 4 is 56.1 Å². The lowest BCUT2D eigenvalue weighted by molar-refractivity contribution is -0.141. The first kappa shape index (κ1) is 43.5. The van der Waals surface area contributed by atoms with E-state index in [9.17, 15) is 27.6 Å². The predicted octanol–water partition coefficient (Wildman–Crippen LogP) is 5.79. The van der Waals surface area contributed by atoms with Gasteiger partial charge in [0, 0.05) is 48.1 Å². The summed E-state index contributed by atoms with van der Waals surface area (Å²) in [5.41, 5.74) is 2.36. The molecule has 4 aromatic rings. The zero-order valence-corrected chi connectivity index (χ0v) is 37.4. The molecule has 0 radical (unpaired) electrons. The van der Waals surface area contributed by atoms with Crippen LogP contribution in [-0.2, 0) is 29.1 Å². The third-order valence-electron chi connectivity index (χ3n) is 13.5. The van der Waals surface area contributed by atoms with Crippen LogP contribution in [0.2, 0.25) is 0 Å². The minimum Gasteiger partial charge on any atom is -0.472 e. The number of nitrogens with one attached hydrogen (secondary N) is 3. The molecular formula is C47H58N8O8S. The number of rotatable bonds is 11. The van der Waals surface area contributed by atoms with E-state index in [1.807, 2.05) is 54.6 Å². The number of nitrogens with zero attached hydrogens (tertiary/aromatic N) is 5. The van der Waals surface area contributed by atoms with E-state index in [0.717, 1.165) is 68.3 Å². The highest BCUT2D eigenvalue weighted by Crippen LogP contribution is 2.46. The van der Waals surface area contributed by atoms with Gasteiger partial charge in [-0.25, -0.2) is 18.2 Å². The van der Waals surface area contributed by atoms with Crippen molar-refractivity contribution in [2.75, 3.05) is 24.5 Å². The third-order valence-corrected chi connectivity index (χ3v) is 15.4. The topological polar surface area (TPSA) is 194 Å². The number of allylic oxidation sites excluding steroid dienone is 1. The van der Waals surface area contributed by atoms with Crippen molar-refractivity contribution in [3.63, 3.8) is 0 Å². The van der Waals surface area contributed by atoms with Crippen molar-refractivity contribution in [2.45, 2.75) is 132 Å². The molecule has 17 heteroatoms. The number of hydrogen-bond acceptors (Lipinski definition) is 11. The molecule has 0 unspecified atom stereocenters. The first-order valence-electron chi connectivity index (χ1n) is 23.1. The van der Waals surface area contributed by atoms with Gasteiger partial charge < -0.3 is 29.9 Å². The Kier molecular flexibility index (Phi) is 12.3. The second kappa shape index (κ2) is 18.0. The zero-order valence-electron chi connectivity index (χ0n) is 36.5. The average molecular weight is 895 g/mol. The molecule has 4 fully saturated rings. The van der Waals surface area contributed by atoms with E-state index < -0.39 is 68.7 Å². The Morgan fingerprint density at radius 1 is 0.938 bits per heavy atom. The van der Waals surface area contributed by atoms with Gasteiger partial charge in [-0.15, -0.1) is 0 Å². The van der Waals surface area contributed by atoms with Gasteiger partial charge in [-0.3, -0.25) is 19.1 Å². The van der Waals surface area contributed by atoms with Crippen LogP contribution in [0.1, 0.15) is 97.3 Å². The van der Waals surface area contributed by atoms with Crippen LogP contribution in [0.4, 0.5) is 10.5 Å². The minimum atomic E-state index is -3.92. The van der Waals surface area contributed by atoms with E-state index >= 15 is 0 Å². The lowest BCUT2D eigenvalue weighted by Crippen LogP contribution is -2.58. The van der Waals surface area contributed by atoms with Crippen LogP contribution in [0.25, 0.3) is 27.8 Å². The van der Waals surface area contributed by atoms with Gasteiger partial charge >= 0.3 is 6.09 Å². The van der Waals surface area contributed by atoms with Gasteiger partial charge in [-0.1, -0.05) is 49.3 Å². The fourth-order valence-corrected chi connectivity index (χ4v) is 11.0. The highest BCUT2D eigenvalue weighted by atomic mass is 32.2. The number of fused-ring (bicyclic) bond motifs is 5. The Balaban J connectivity index is 1.05. The molecule has 9 rings (SSSR count). The van der Waals surface area contributed by atoms with E-state index in [4.69, 9.17) is 19.6 Å². The molecule has 64 heavy (non-hydrogen) atoms. The van der Waals surface area contributed by atoms with Crippen LogP contribution in [-0.4, -0.2) is 106 Å². The summed E-state index contributed by atoms with van der Waals surface area (Å²) in [5.74, 6) is -1.95. The van der Waals surface area contributed by atoms with Crippen LogP contribution in [0.5, 0.6) is 5.88 Å². The van der Waals surface area contributed by atoms with Crippen LogP contribution >= 0.6 is 0 Å². The molecule has 5 atom stereocenters. The Hall–Kier alpha value is -5.71. The predicted molar refractivity (Wildman–Crippen MR) is 241 cm³/mol. The summed E-state index contributed by atoms with van der Waals surface area (Å²) in [6.45, 7) is 5.95. The van der Waals surface area contributed by atoms with Crippen molar-refractivity contribution in [3.05, 3.63) is 66.7 Å². The minimum absolute atomic E-state index is 0.0239. The standard InChI is InChI=1S/C47H58N8O8S/c1-3-53(4-2)32-22-20-30(21-23-32)39-27-41(55-42(48-39)36-17-12-13-18-37(36)51-55)62-34-26-40-43(56)50-47(45(58)52-64(60,61)35-24-25-35)28-31(47)14-8-6-5-7-9-19-38(44(57)54(40)29-34)49-46(59)63-33-15-10-11-16-33/h8,12-14,17-18,20-23,27,31,33-35,38,40H,3-7,9-11,15-16,19,24-26,28-29H2,1-2H3,(H,49,59)(H,50,56)(H,52,58)/b14-8-/t31-,34+,38-,40-,47+/m0/s1. The highest BCUT2D eigenvalue weighted by Gasteiger charge is 2.62. The first-order chi connectivity index (χ1) is 31.0. The van der Waals surface area contributed by atoms with Crippen molar-refractivity contribution in [2.24, 2.45) is 5.92 Å². The molecular weight excluding hydrogens is 837 g/mol. The number of carbonyl (C=O) groups is 4. The number of alkyl carbamates (subject to hydrolysis) is 1. The van der Waals surface area contributed by atoms with Gasteiger partial charge in [-0.2, -0.15) is 9.61 Å². The molecule has 2 aliphatic heterocycles. The highest BCUT2D eigenvalue weighted by molar-refractivity contribution is 7.91. The smallest absolute Gasteiger partial charge is 0.408 e. The molecule has 3 aliphatic carbocycles. The number of carbonyl (C=O) groups excluding carboxylic acids is 4. The molecule has 0 bridgehead atoms. The molecule has 3 N–H and O–H groups in total. The van der Waals surface area contributed by atoms with Crippen molar-refractivity contribution in [1.29, 1.82) is 0 Å². The molecule has 1 saturated heterocycles. The average Bonchev–Trinajstić information content (AvgIpc) is 4.10. The Labute approximate surface area is 373 Å². The Morgan fingerprint density at radius 3 is 2.44 bits per heavy atom. The normalized spacial score (nSPS) is 26.0. The molecule has 16 nitrogen and oxygen atoms in total. The van der Waals surface area contributed by atoms with Gasteiger partial charge in [0.1, 0.15) is 29.8 Å². The fourth-order valence-electron chi connectivity index (χ4n) is 9.62. The summed E-state index contributed by atoms with van der Waals surface area (Å²) in [5, 5.41) is 10.8. The number of aromatic nitrogens is 3. The second-order valence-electron chi connectivity index (χ2n) is 18.0. The summed E-state index contributed by atoms with van der Waals surface area (Å²) in [6.07, 6.45) is 10.1. The van der Waals surface area contributed by atoms with Crippen LogP contribution in [0, 0.1) is 5.92 Å². The molecule has 2 aromatic heterocycles. The van der Waals surface area contributed by atoms with E-state index in [0.29, 0.717) is 54.8 Å². The Morgan fingerprint density at radius 2 is 1.69 bits per heavy atom. The molecule has 4 heterocycles. The number of ether oxygens (including phenoxy) is 2. The van der Waals surface area contributed by atoms with E-state index in [2.05, 4.69) is 46.2 Å². The molecule has 340 valence electrons. The lowest BCUT2D eigenvalue weighted by atomic mass is 10.0. The molecule has 2 aromatic carbocycles. The number of amides is 4.